The molecule has 1 aromatic heterocycles. The van der Waals surface area contributed by atoms with Crippen molar-refractivity contribution in [3.05, 3.63) is 36.2 Å². The number of carbonyl (C=O) groups is 1. The summed E-state index contributed by atoms with van der Waals surface area (Å²) in [6, 6.07) is 9.14. The van der Waals surface area contributed by atoms with Gasteiger partial charge in [-0.3, -0.25) is 4.79 Å². The second-order valence-electron chi connectivity index (χ2n) is 2.55. The van der Waals surface area contributed by atoms with Crippen LogP contribution >= 0.6 is 11.6 Å². The van der Waals surface area contributed by atoms with Gasteiger partial charge in [-0.1, -0.05) is 18.2 Å². The molecule has 2 rings (SSSR count). The Kier molecular flexibility index (Phi) is 2.28. The fourth-order valence-electron chi connectivity index (χ4n) is 1.00. The van der Waals surface area contributed by atoms with E-state index in [0.717, 1.165) is 5.56 Å². The lowest BCUT2D eigenvalue weighted by Crippen LogP contribution is -1.86. The molecule has 0 aliphatic heterocycles. The lowest BCUT2D eigenvalue weighted by molar-refractivity contribution is 0.105. The van der Waals surface area contributed by atoms with Crippen LogP contribution in [0.15, 0.2) is 34.7 Å². The lowest BCUT2D eigenvalue weighted by Gasteiger charge is -1.90. The fourth-order valence-corrected chi connectivity index (χ4v) is 1.08. The van der Waals surface area contributed by atoms with E-state index >= 15 is 0 Å². The number of rotatable bonds is 2. The zero-order chi connectivity index (χ0) is 9.97. The molecule has 4 nitrogen and oxygen atoms in total. The molecule has 0 unspecified atom stereocenters. The minimum Gasteiger partial charge on any atom is -0.413 e. The van der Waals surface area contributed by atoms with Crippen molar-refractivity contribution in [2.45, 2.75) is 0 Å². The number of aromatic nitrogens is 2. The van der Waals surface area contributed by atoms with Crippen molar-refractivity contribution in [1.29, 1.82) is 0 Å². The summed E-state index contributed by atoms with van der Waals surface area (Å²) in [5.74, 6) is 0.0973. The van der Waals surface area contributed by atoms with Crippen LogP contribution in [0.25, 0.3) is 11.5 Å². The Morgan fingerprint density at radius 2 is 1.93 bits per heavy atom. The van der Waals surface area contributed by atoms with Crippen molar-refractivity contribution >= 4 is 16.8 Å². The first-order valence-electron chi connectivity index (χ1n) is 3.86. The molecule has 0 spiro atoms. The molecule has 1 heterocycles. The highest BCUT2D eigenvalue weighted by atomic mass is 35.5. The lowest BCUT2D eigenvalue weighted by atomic mass is 10.2. The molecule has 0 radical (unpaired) electrons. The molecule has 70 valence electrons. The molecule has 0 bridgehead atoms. The van der Waals surface area contributed by atoms with Gasteiger partial charge in [0, 0.05) is 5.56 Å². The van der Waals surface area contributed by atoms with E-state index in [0.29, 0.717) is 0 Å². The fraction of sp³-hybridized carbons (Fsp3) is 0. The Balaban J connectivity index is 2.39. The molecular formula is C9H5ClN2O2. The second-order valence-corrected chi connectivity index (χ2v) is 2.90. The average molecular weight is 209 g/mol. The van der Waals surface area contributed by atoms with Gasteiger partial charge in [-0.25, -0.2) is 0 Å². The van der Waals surface area contributed by atoms with Crippen LogP contribution in [0, 0.1) is 0 Å². The van der Waals surface area contributed by atoms with Crippen LogP contribution in [0.5, 0.6) is 0 Å². The molecule has 1 aromatic carbocycles. The first-order valence-corrected chi connectivity index (χ1v) is 4.24. The minimum atomic E-state index is -0.750. The third-order valence-corrected chi connectivity index (χ3v) is 1.78. The summed E-state index contributed by atoms with van der Waals surface area (Å²) in [7, 11) is 0. The maximum Gasteiger partial charge on any atom is 0.309 e. The Morgan fingerprint density at radius 3 is 2.50 bits per heavy atom. The Hall–Kier alpha value is -1.68. The van der Waals surface area contributed by atoms with E-state index in [9.17, 15) is 4.79 Å². The first-order chi connectivity index (χ1) is 6.77. The average Bonchev–Trinajstić information content (AvgIpc) is 2.68. The van der Waals surface area contributed by atoms with Gasteiger partial charge in [-0.05, 0) is 23.7 Å². The highest BCUT2D eigenvalue weighted by Gasteiger charge is 2.12. The van der Waals surface area contributed by atoms with E-state index in [-0.39, 0.29) is 11.8 Å². The van der Waals surface area contributed by atoms with Crippen LogP contribution in [0.1, 0.15) is 10.7 Å². The highest BCUT2D eigenvalue weighted by molar-refractivity contribution is 6.67. The number of benzene rings is 1. The quantitative estimate of drug-likeness (QED) is 0.710. The van der Waals surface area contributed by atoms with Crippen LogP contribution in [0.4, 0.5) is 0 Å². The first kappa shape index (κ1) is 8.90. The van der Waals surface area contributed by atoms with Gasteiger partial charge in [0.2, 0.25) is 5.89 Å². The summed E-state index contributed by atoms with van der Waals surface area (Å²) >= 11 is 5.17. The predicted octanol–water partition coefficient (Wildman–Crippen LogP) is 2.12. The molecule has 14 heavy (non-hydrogen) atoms. The van der Waals surface area contributed by atoms with Crippen LogP contribution < -0.4 is 0 Å². The minimum absolute atomic E-state index is 0.189. The second kappa shape index (κ2) is 3.59. The zero-order valence-corrected chi connectivity index (χ0v) is 7.73. The van der Waals surface area contributed by atoms with Gasteiger partial charge < -0.3 is 4.42 Å². The van der Waals surface area contributed by atoms with Gasteiger partial charge >= 0.3 is 11.1 Å². The summed E-state index contributed by atoms with van der Waals surface area (Å²) in [6.45, 7) is 0. The van der Waals surface area contributed by atoms with E-state index < -0.39 is 5.24 Å². The van der Waals surface area contributed by atoms with Crippen LogP contribution in [-0.2, 0) is 0 Å². The molecule has 0 aliphatic carbocycles. The molecule has 0 atom stereocenters. The normalized spacial score (nSPS) is 10.1. The predicted molar refractivity (Wildman–Crippen MR) is 49.9 cm³/mol. The number of halogens is 1. The molecule has 0 saturated heterocycles. The van der Waals surface area contributed by atoms with Gasteiger partial charge in [0.1, 0.15) is 0 Å². The number of nitrogens with zero attached hydrogens (tertiary/aromatic N) is 2. The number of hydrogen-bond acceptors (Lipinski definition) is 4. The van der Waals surface area contributed by atoms with E-state index in [1.165, 1.54) is 0 Å². The SMILES string of the molecule is O=C(Cl)c1nnc(-c2ccccc2)o1. The van der Waals surface area contributed by atoms with Crippen molar-refractivity contribution in [2.24, 2.45) is 0 Å². The van der Waals surface area contributed by atoms with Crippen molar-refractivity contribution in [1.82, 2.24) is 10.2 Å². The van der Waals surface area contributed by atoms with E-state index in [1.54, 1.807) is 12.1 Å². The van der Waals surface area contributed by atoms with Crippen molar-refractivity contribution in [3.8, 4) is 11.5 Å². The van der Waals surface area contributed by atoms with Crippen LogP contribution in [-0.4, -0.2) is 15.4 Å². The van der Waals surface area contributed by atoms with Gasteiger partial charge in [0.25, 0.3) is 0 Å². The molecule has 0 fully saturated rings. The zero-order valence-electron chi connectivity index (χ0n) is 6.98. The largest absolute Gasteiger partial charge is 0.413 e. The smallest absolute Gasteiger partial charge is 0.309 e. The standard InChI is InChI=1S/C9H5ClN2O2/c10-7(13)9-12-11-8(14-9)6-4-2-1-3-5-6/h1-5H. The third kappa shape index (κ3) is 1.65. The van der Waals surface area contributed by atoms with Crippen LogP contribution in [0.2, 0.25) is 0 Å². The van der Waals surface area contributed by atoms with Gasteiger partial charge in [-0.2, -0.15) is 0 Å². The van der Waals surface area contributed by atoms with Crippen molar-refractivity contribution in [3.63, 3.8) is 0 Å². The number of hydrogen-bond donors (Lipinski definition) is 0. The Morgan fingerprint density at radius 1 is 1.21 bits per heavy atom. The van der Waals surface area contributed by atoms with E-state index in [4.69, 9.17) is 16.0 Å². The summed E-state index contributed by atoms with van der Waals surface area (Å²) in [5, 5.41) is 6.43. The summed E-state index contributed by atoms with van der Waals surface area (Å²) in [6.07, 6.45) is 0. The monoisotopic (exact) mass is 208 g/mol. The topological polar surface area (TPSA) is 56.0 Å². The summed E-state index contributed by atoms with van der Waals surface area (Å²) in [4.78, 5) is 10.7. The van der Waals surface area contributed by atoms with Crippen LogP contribution in [0.3, 0.4) is 0 Å². The number of carbonyl (C=O) groups excluding carboxylic acids is 1. The molecule has 5 heteroatoms. The molecule has 0 aliphatic rings. The molecule has 0 saturated carbocycles. The molecule has 0 N–H and O–H groups in total. The van der Waals surface area contributed by atoms with Gasteiger partial charge in [0.05, 0.1) is 0 Å². The molecule has 2 aromatic rings. The Labute approximate surface area is 84.5 Å². The molecular weight excluding hydrogens is 204 g/mol. The van der Waals surface area contributed by atoms with E-state index in [1.807, 2.05) is 18.2 Å². The molecule has 0 amide bonds. The van der Waals surface area contributed by atoms with Gasteiger partial charge in [-0.15, -0.1) is 10.2 Å². The van der Waals surface area contributed by atoms with E-state index in [2.05, 4.69) is 10.2 Å². The summed E-state index contributed by atoms with van der Waals surface area (Å²) < 4.78 is 5.03. The maximum atomic E-state index is 10.7. The summed E-state index contributed by atoms with van der Waals surface area (Å²) in [5.41, 5.74) is 0.754. The van der Waals surface area contributed by atoms with Crippen molar-refractivity contribution in [2.75, 3.05) is 0 Å². The third-order valence-electron chi connectivity index (χ3n) is 1.61. The Bertz CT molecular complexity index is 453. The van der Waals surface area contributed by atoms with Crippen molar-refractivity contribution < 1.29 is 9.21 Å². The van der Waals surface area contributed by atoms with Gasteiger partial charge in [0.15, 0.2) is 0 Å². The highest BCUT2D eigenvalue weighted by Crippen LogP contribution is 2.17. The maximum absolute atomic E-state index is 10.7.